The third-order valence-corrected chi connectivity index (χ3v) is 4.59. The Bertz CT molecular complexity index is 459. The zero-order valence-electron chi connectivity index (χ0n) is 8.57. The number of hydrogen-bond donors (Lipinski definition) is 1. The summed E-state index contributed by atoms with van der Waals surface area (Å²) < 4.78 is 25.9. The Morgan fingerprint density at radius 1 is 1.47 bits per heavy atom. The van der Waals surface area contributed by atoms with E-state index in [0.29, 0.717) is 11.0 Å². The van der Waals surface area contributed by atoms with Gasteiger partial charge in [-0.15, -0.1) is 0 Å². The summed E-state index contributed by atoms with van der Waals surface area (Å²) in [7, 11) is -1.94. The lowest BCUT2D eigenvalue weighted by Crippen LogP contribution is -2.27. The van der Waals surface area contributed by atoms with Crippen molar-refractivity contribution >= 4 is 31.6 Å². The van der Waals surface area contributed by atoms with Crippen LogP contribution in [0.2, 0.25) is 0 Å². The van der Waals surface area contributed by atoms with Gasteiger partial charge in [0, 0.05) is 18.1 Å². The van der Waals surface area contributed by atoms with E-state index in [4.69, 9.17) is 5.73 Å². The zero-order valence-corrected chi connectivity index (χ0v) is 11.0. The largest absolute Gasteiger partial charge is 0.398 e. The summed E-state index contributed by atoms with van der Waals surface area (Å²) in [6.45, 7) is 2.18. The van der Waals surface area contributed by atoms with E-state index in [1.165, 1.54) is 17.4 Å². The molecule has 4 nitrogen and oxygen atoms in total. The zero-order chi connectivity index (χ0) is 11.6. The van der Waals surface area contributed by atoms with Gasteiger partial charge in [0.15, 0.2) is 0 Å². The van der Waals surface area contributed by atoms with Gasteiger partial charge in [-0.1, -0.05) is 22.9 Å². The van der Waals surface area contributed by atoms with Gasteiger partial charge >= 0.3 is 0 Å². The Hall–Kier alpha value is -0.590. The number of nitrogen functional groups attached to an aromatic ring is 1. The van der Waals surface area contributed by atoms with E-state index in [0.717, 1.165) is 0 Å². The molecule has 1 aromatic carbocycles. The summed E-state index contributed by atoms with van der Waals surface area (Å²) in [6, 6.07) is 4.79. The van der Waals surface area contributed by atoms with Crippen LogP contribution < -0.4 is 5.73 Å². The van der Waals surface area contributed by atoms with Gasteiger partial charge in [-0.05, 0) is 18.2 Å². The molecule has 0 saturated carbocycles. The van der Waals surface area contributed by atoms with Gasteiger partial charge < -0.3 is 5.73 Å². The molecule has 0 aliphatic rings. The van der Waals surface area contributed by atoms with Gasteiger partial charge in [-0.2, -0.15) is 0 Å². The van der Waals surface area contributed by atoms with Crippen LogP contribution in [0.4, 0.5) is 5.69 Å². The van der Waals surface area contributed by atoms with Gasteiger partial charge in [-0.3, -0.25) is 0 Å². The number of sulfonamides is 1. The van der Waals surface area contributed by atoms with E-state index in [1.807, 2.05) is 0 Å². The fraction of sp³-hybridized carbons (Fsp3) is 0.333. The number of halogens is 1. The minimum Gasteiger partial charge on any atom is -0.398 e. The van der Waals surface area contributed by atoms with Crippen LogP contribution in [-0.4, -0.2) is 26.3 Å². The predicted molar refractivity (Wildman–Crippen MR) is 64.0 cm³/mol. The van der Waals surface area contributed by atoms with E-state index in [1.54, 1.807) is 19.1 Å². The molecular formula is C9H13BrN2O2S. The molecule has 0 aliphatic carbocycles. The molecule has 0 spiro atoms. The molecule has 0 aliphatic heterocycles. The van der Waals surface area contributed by atoms with Crippen LogP contribution in [0.3, 0.4) is 0 Å². The van der Waals surface area contributed by atoms with Crippen molar-refractivity contribution in [2.45, 2.75) is 11.8 Å². The molecule has 1 rings (SSSR count). The molecule has 0 unspecified atom stereocenters. The maximum absolute atomic E-state index is 12.0. The standard InChI is InChI=1S/C9H13BrN2O2S/c1-3-12(2)15(13,14)9-6-7(10)4-5-8(9)11/h4-6H,3,11H2,1-2H3. The van der Waals surface area contributed by atoms with Crippen molar-refractivity contribution in [2.24, 2.45) is 0 Å². The fourth-order valence-corrected chi connectivity index (χ4v) is 2.90. The highest BCUT2D eigenvalue weighted by molar-refractivity contribution is 9.10. The molecule has 0 heterocycles. The van der Waals surface area contributed by atoms with Gasteiger partial charge in [0.1, 0.15) is 4.90 Å². The Morgan fingerprint density at radius 2 is 2.07 bits per heavy atom. The van der Waals surface area contributed by atoms with E-state index < -0.39 is 10.0 Å². The molecule has 0 atom stereocenters. The number of rotatable bonds is 3. The third-order valence-electron chi connectivity index (χ3n) is 2.11. The van der Waals surface area contributed by atoms with Crippen LogP contribution in [0.15, 0.2) is 27.6 Å². The average Bonchev–Trinajstić information content (AvgIpc) is 2.20. The highest BCUT2D eigenvalue weighted by atomic mass is 79.9. The van der Waals surface area contributed by atoms with E-state index in [2.05, 4.69) is 15.9 Å². The Balaban J connectivity index is 3.33. The molecule has 0 amide bonds. The molecule has 15 heavy (non-hydrogen) atoms. The summed E-state index contributed by atoms with van der Waals surface area (Å²) in [5, 5.41) is 0. The summed E-state index contributed by atoms with van der Waals surface area (Å²) >= 11 is 3.22. The van der Waals surface area contributed by atoms with E-state index in [-0.39, 0.29) is 10.6 Å². The SMILES string of the molecule is CCN(C)S(=O)(=O)c1cc(Br)ccc1N. The summed E-state index contributed by atoms with van der Waals surface area (Å²) in [5.41, 5.74) is 5.90. The van der Waals surface area contributed by atoms with Crippen LogP contribution in [0.25, 0.3) is 0 Å². The Labute approximate surface area is 98.3 Å². The van der Waals surface area contributed by atoms with Crippen molar-refractivity contribution in [1.82, 2.24) is 4.31 Å². The lowest BCUT2D eigenvalue weighted by molar-refractivity contribution is 0.486. The molecular weight excluding hydrogens is 280 g/mol. The molecule has 0 bridgehead atoms. The maximum atomic E-state index is 12.0. The Kier molecular flexibility index (Phi) is 3.75. The van der Waals surface area contributed by atoms with Crippen LogP contribution >= 0.6 is 15.9 Å². The number of nitrogens with two attached hydrogens (primary N) is 1. The highest BCUT2D eigenvalue weighted by Gasteiger charge is 2.21. The normalized spacial score (nSPS) is 12.0. The number of anilines is 1. The second kappa shape index (κ2) is 4.51. The summed E-state index contributed by atoms with van der Waals surface area (Å²) in [5.74, 6) is 0. The maximum Gasteiger partial charge on any atom is 0.244 e. The molecule has 2 N–H and O–H groups in total. The van der Waals surface area contributed by atoms with Crippen LogP contribution in [0.5, 0.6) is 0 Å². The Morgan fingerprint density at radius 3 is 2.60 bits per heavy atom. The van der Waals surface area contributed by atoms with Crippen LogP contribution in [0.1, 0.15) is 6.92 Å². The second-order valence-electron chi connectivity index (χ2n) is 3.10. The summed E-state index contributed by atoms with van der Waals surface area (Å²) in [6.07, 6.45) is 0. The minimum atomic E-state index is -3.46. The van der Waals surface area contributed by atoms with Crippen molar-refractivity contribution in [3.8, 4) is 0 Å². The van der Waals surface area contributed by atoms with E-state index >= 15 is 0 Å². The van der Waals surface area contributed by atoms with Crippen LogP contribution in [-0.2, 0) is 10.0 Å². The first-order valence-electron chi connectivity index (χ1n) is 4.41. The molecule has 1 aromatic rings. The quantitative estimate of drug-likeness (QED) is 0.862. The van der Waals surface area contributed by atoms with Crippen molar-refractivity contribution in [3.63, 3.8) is 0 Å². The molecule has 0 fully saturated rings. The monoisotopic (exact) mass is 292 g/mol. The van der Waals surface area contributed by atoms with Gasteiger partial charge in [-0.25, -0.2) is 12.7 Å². The van der Waals surface area contributed by atoms with Crippen LogP contribution in [0, 0.1) is 0 Å². The van der Waals surface area contributed by atoms with Gasteiger partial charge in [0.2, 0.25) is 10.0 Å². The fourth-order valence-electron chi connectivity index (χ4n) is 1.07. The van der Waals surface area contributed by atoms with Gasteiger partial charge in [0.05, 0.1) is 5.69 Å². The molecule has 0 aromatic heterocycles. The minimum absolute atomic E-state index is 0.140. The topological polar surface area (TPSA) is 63.4 Å². The number of hydrogen-bond acceptors (Lipinski definition) is 3. The average molecular weight is 293 g/mol. The lowest BCUT2D eigenvalue weighted by atomic mass is 10.3. The van der Waals surface area contributed by atoms with Gasteiger partial charge in [0.25, 0.3) is 0 Å². The van der Waals surface area contributed by atoms with Crippen molar-refractivity contribution in [1.29, 1.82) is 0 Å². The molecule has 84 valence electrons. The first-order chi connectivity index (χ1) is 6.89. The second-order valence-corrected chi connectivity index (χ2v) is 6.03. The first-order valence-corrected chi connectivity index (χ1v) is 6.64. The van der Waals surface area contributed by atoms with E-state index in [9.17, 15) is 8.42 Å². The van der Waals surface area contributed by atoms with Crippen molar-refractivity contribution in [2.75, 3.05) is 19.3 Å². The molecule has 0 saturated heterocycles. The highest BCUT2D eigenvalue weighted by Crippen LogP contribution is 2.25. The lowest BCUT2D eigenvalue weighted by Gasteiger charge is -2.16. The molecule has 0 radical (unpaired) electrons. The number of nitrogens with zero attached hydrogens (tertiary/aromatic N) is 1. The predicted octanol–water partition coefficient (Wildman–Crippen LogP) is 1.67. The number of benzene rings is 1. The summed E-state index contributed by atoms with van der Waals surface area (Å²) in [4.78, 5) is 0.140. The molecule has 6 heteroatoms. The first kappa shape index (κ1) is 12.5. The smallest absolute Gasteiger partial charge is 0.244 e. The van der Waals surface area contributed by atoms with Crippen molar-refractivity contribution in [3.05, 3.63) is 22.7 Å². The van der Waals surface area contributed by atoms with Crippen molar-refractivity contribution < 1.29 is 8.42 Å². The third kappa shape index (κ3) is 2.50.